The zero-order chi connectivity index (χ0) is 16.1. The minimum atomic E-state index is -1.04. The number of carboxylic acid groups (broad SMARTS) is 1. The smallest absolute Gasteiger partial charge is 0.326 e. The highest BCUT2D eigenvalue weighted by Gasteiger charge is 2.22. The van der Waals surface area contributed by atoms with Crippen molar-refractivity contribution in [1.82, 2.24) is 0 Å². The van der Waals surface area contributed by atoms with E-state index in [0.717, 1.165) is 16.8 Å². The lowest BCUT2D eigenvalue weighted by atomic mass is 10.0. The van der Waals surface area contributed by atoms with E-state index >= 15 is 0 Å². The summed E-state index contributed by atoms with van der Waals surface area (Å²) < 4.78 is 0. The molecule has 0 aliphatic heterocycles. The summed E-state index contributed by atoms with van der Waals surface area (Å²) in [6, 6.07) is 13.6. The van der Waals surface area contributed by atoms with Gasteiger partial charge in [-0.1, -0.05) is 42.5 Å². The van der Waals surface area contributed by atoms with Crippen LogP contribution in [0.15, 0.2) is 48.5 Å². The highest BCUT2D eigenvalue weighted by molar-refractivity contribution is 5.99. The first-order valence-corrected chi connectivity index (χ1v) is 7.12. The van der Waals surface area contributed by atoms with Gasteiger partial charge in [-0.3, -0.25) is 4.79 Å². The first-order valence-electron chi connectivity index (χ1n) is 7.12. The predicted molar refractivity (Wildman–Crippen MR) is 86.4 cm³/mol. The van der Waals surface area contributed by atoms with Crippen LogP contribution in [0.25, 0.3) is 0 Å². The maximum atomic E-state index is 12.2. The van der Waals surface area contributed by atoms with E-state index in [2.05, 4.69) is 5.32 Å². The molecule has 0 heterocycles. The van der Waals surface area contributed by atoms with Crippen LogP contribution in [0.1, 0.15) is 27.9 Å². The van der Waals surface area contributed by atoms with Crippen LogP contribution in [-0.4, -0.2) is 22.9 Å². The quantitative estimate of drug-likeness (QED) is 0.802. The zero-order valence-electron chi connectivity index (χ0n) is 12.7. The number of rotatable bonds is 6. The molecule has 0 spiro atoms. The van der Waals surface area contributed by atoms with Gasteiger partial charge in [0.1, 0.15) is 6.04 Å². The first kappa shape index (κ1) is 15.8. The molecule has 0 radical (unpaired) electrons. The molecule has 0 aliphatic carbocycles. The second-order valence-corrected chi connectivity index (χ2v) is 5.35. The van der Waals surface area contributed by atoms with Gasteiger partial charge in [-0.2, -0.15) is 0 Å². The van der Waals surface area contributed by atoms with Gasteiger partial charge in [0.05, 0.1) is 0 Å². The summed E-state index contributed by atoms with van der Waals surface area (Å²) in [5.41, 5.74) is 3.25. The molecule has 114 valence electrons. The van der Waals surface area contributed by atoms with Crippen LogP contribution in [0.4, 0.5) is 5.69 Å². The number of aryl methyl sites for hydroxylation is 2. The summed E-state index contributed by atoms with van der Waals surface area (Å²) in [5, 5.41) is 12.3. The lowest BCUT2D eigenvalue weighted by Gasteiger charge is -2.17. The second-order valence-electron chi connectivity index (χ2n) is 5.35. The van der Waals surface area contributed by atoms with Crippen LogP contribution in [-0.2, 0) is 4.79 Å². The minimum absolute atomic E-state index is 0.0905. The SMILES string of the molecule is Cc1ccc(C)c(N[C@@H](CC(=O)c2ccccc2)C(=O)O)c1. The van der Waals surface area contributed by atoms with Gasteiger partial charge >= 0.3 is 5.97 Å². The standard InChI is InChI=1S/C18H19NO3/c1-12-8-9-13(2)15(10-12)19-16(18(21)22)11-17(20)14-6-4-3-5-7-14/h3-10,16,19H,11H2,1-2H3,(H,21,22)/t16-/m0/s1. The molecule has 0 bridgehead atoms. The molecule has 22 heavy (non-hydrogen) atoms. The molecule has 2 rings (SSSR count). The third-order valence-electron chi connectivity index (χ3n) is 3.51. The number of ketones is 1. The summed E-state index contributed by atoms with van der Waals surface area (Å²) in [6.07, 6.45) is -0.0905. The number of Topliss-reactive ketones (excluding diaryl/α,β-unsaturated/α-hetero) is 1. The molecule has 0 aliphatic rings. The normalized spacial score (nSPS) is 11.7. The Morgan fingerprint density at radius 3 is 2.41 bits per heavy atom. The summed E-state index contributed by atoms with van der Waals surface area (Å²) in [7, 11) is 0. The van der Waals surface area contributed by atoms with Crippen LogP contribution in [0.2, 0.25) is 0 Å². The number of carboxylic acids is 1. The average molecular weight is 297 g/mol. The first-order chi connectivity index (χ1) is 10.5. The number of aliphatic carboxylic acids is 1. The molecule has 0 saturated heterocycles. The molecular formula is C18H19NO3. The second kappa shape index (κ2) is 6.89. The summed E-state index contributed by atoms with van der Waals surface area (Å²) in [6.45, 7) is 3.84. The van der Waals surface area contributed by atoms with Gasteiger partial charge in [0.15, 0.2) is 5.78 Å². The van der Waals surface area contributed by atoms with Crippen LogP contribution >= 0.6 is 0 Å². The minimum Gasteiger partial charge on any atom is -0.480 e. The number of carbonyl (C=O) groups excluding carboxylic acids is 1. The average Bonchev–Trinajstić information content (AvgIpc) is 2.50. The molecule has 0 amide bonds. The molecule has 2 aromatic rings. The third kappa shape index (κ3) is 3.95. The molecular weight excluding hydrogens is 278 g/mol. The van der Waals surface area contributed by atoms with Crippen molar-refractivity contribution in [2.75, 3.05) is 5.32 Å². The van der Waals surface area contributed by atoms with Gasteiger partial charge in [-0.25, -0.2) is 4.79 Å². The van der Waals surface area contributed by atoms with Gasteiger partial charge in [0, 0.05) is 17.7 Å². The van der Waals surface area contributed by atoms with E-state index in [0.29, 0.717) is 5.56 Å². The van der Waals surface area contributed by atoms with E-state index < -0.39 is 12.0 Å². The van der Waals surface area contributed by atoms with Crippen molar-refractivity contribution >= 4 is 17.4 Å². The number of benzene rings is 2. The number of nitrogens with one attached hydrogen (secondary N) is 1. The Hall–Kier alpha value is -2.62. The molecule has 4 heteroatoms. The summed E-state index contributed by atoms with van der Waals surface area (Å²) >= 11 is 0. The third-order valence-corrected chi connectivity index (χ3v) is 3.51. The molecule has 2 aromatic carbocycles. The van der Waals surface area contributed by atoms with E-state index in [-0.39, 0.29) is 12.2 Å². The van der Waals surface area contributed by atoms with Gasteiger partial charge < -0.3 is 10.4 Å². The maximum Gasteiger partial charge on any atom is 0.326 e. The number of anilines is 1. The van der Waals surface area contributed by atoms with Crippen molar-refractivity contribution < 1.29 is 14.7 Å². The monoisotopic (exact) mass is 297 g/mol. The molecule has 4 nitrogen and oxygen atoms in total. The summed E-state index contributed by atoms with van der Waals surface area (Å²) in [5.74, 6) is -1.23. The zero-order valence-corrected chi connectivity index (χ0v) is 12.7. The highest BCUT2D eigenvalue weighted by atomic mass is 16.4. The van der Waals surface area contributed by atoms with E-state index in [1.165, 1.54) is 0 Å². The number of hydrogen-bond acceptors (Lipinski definition) is 3. The highest BCUT2D eigenvalue weighted by Crippen LogP contribution is 2.19. The Morgan fingerprint density at radius 1 is 1.09 bits per heavy atom. The fourth-order valence-electron chi connectivity index (χ4n) is 2.21. The number of hydrogen-bond donors (Lipinski definition) is 2. The van der Waals surface area contributed by atoms with Gasteiger partial charge in [0.25, 0.3) is 0 Å². The van der Waals surface area contributed by atoms with Crippen molar-refractivity contribution in [3.8, 4) is 0 Å². The van der Waals surface area contributed by atoms with E-state index in [4.69, 9.17) is 0 Å². The number of carbonyl (C=O) groups is 2. The topological polar surface area (TPSA) is 66.4 Å². The van der Waals surface area contributed by atoms with Crippen LogP contribution in [0, 0.1) is 13.8 Å². The van der Waals surface area contributed by atoms with Crippen molar-refractivity contribution in [1.29, 1.82) is 0 Å². The van der Waals surface area contributed by atoms with Gasteiger partial charge in [0.2, 0.25) is 0 Å². The molecule has 0 unspecified atom stereocenters. The molecule has 0 saturated carbocycles. The maximum absolute atomic E-state index is 12.2. The fourth-order valence-corrected chi connectivity index (χ4v) is 2.21. The van der Waals surface area contributed by atoms with Crippen LogP contribution in [0.3, 0.4) is 0 Å². The Morgan fingerprint density at radius 2 is 1.77 bits per heavy atom. The van der Waals surface area contributed by atoms with E-state index in [1.807, 2.05) is 38.1 Å². The van der Waals surface area contributed by atoms with Crippen molar-refractivity contribution in [3.63, 3.8) is 0 Å². The largest absolute Gasteiger partial charge is 0.480 e. The predicted octanol–water partition coefficient (Wildman–Crippen LogP) is 3.44. The van der Waals surface area contributed by atoms with Gasteiger partial charge in [-0.15, -0.1) is 0 Å². The van der Waals surface area contributed by atoms with E-state index in [9.17, 15) is 14.7 Å². The molecule has 1 atom stereocenters. The fraction of sp³-hybridized carbons (Fsp3) is 0.222. The Balaban J connectivity index is 2.15. The van der Waals surface area contributed by atoms with E-state index in [1.54, 1.807) is 24.3 Å². The lowest BCUT2D eigenvalue weighted by Crippen LogP contribution is -2.32. The van der Waals surface area contributed by atoms with Crippen molar-refractivity contribution in [3.05, 3.63) is 65.2 Å². The van der Waals surface area contributed by atoms with Crippen LogP contribution in [0.5, 0.6) is 0 Å². The Labute approximate surface area is 129 Å². The van der Waals surface area contributed by atoms with Crippen molar-refractivity contribution in [2.45, 2.75) is 26.3 Å². The Kier molecular flexibility index (Phi) is 4.94. The molecule has 2 N–H and O–H groups in total. The lowest BCUT2D eigenvalue weighted by molar-refractivity contribution is -0.137. The molecule has 0 aromatic heterocycles. The summed E-state index contributed by atoms with van der Waals surface area (Å²) in [4.78, 5) is 23.7. The Bertz CT molecular complexity index is 680. The van der Waals surface area contributed by atoms with Crippen molar-refractivity contribution in [2.24, 2.45) is 0 Å². The van der Waals surface area contributed by atoms with Gasteiger partial charge in [-0.05, 0) is 31.0 Å². The van der Waals surface area contributed by atoms with Crippen LogP contribution < -0.4 is 5.32 Å². The molecule has 0 fully saturated rings.